The van der Waals surface area contributed by atoms with Crippen LogP contribution in [0.3, 0.4) is 0 Å². The van der Waals surface area contributed by atoms with E-state index in [2.05, 4.69) is 25.8 Å². The largest absolute Gasteiger partial charge is 0.329 e. The van der Waals surface area contributed by atoms with Gasteiger partial charge in [-0.25, -0.2) is 0 Å². The first-order valence-corrected chi connectivity index (χ1v) is 9.56. The van der Waals surface area contributed by atoms with Crippen molar-refractivity contribution in [3.8, 4) is 0 Å². The van der Waals surface area contributed by atoms with Crippen LogP contribution < -0.4 is 5.73 Å². The van der Waals surface area contributed by atoms with Gasteiger partial charge in [0, 0.05) is 18.1 Å². The number of likely N-dealkylation sites (N-methyl/N-ethyl adjacent to an activating group) is 1. The summed E-state index contributed by atoms with van der Waals surface area (Å²) in [5.41, 5.74) is 6.63. The SMILES string of the molecule is CCCC1CCCC(CN)(N(C)C2CCCCC2C)CC1. The molecular formula is C19H38N2. The smallest absolute Gasteiger partial charge is 0.0331 e. The van der Waals surface area contributed by atoms with E-state index in [0.29, 0.717) is 5.54 Å². The second-order valence-electron chi connectivity index (χ2n) is 7.95. The first-order chi connectivity index (χ1) is 10.1. The standard InChI is InChI=1S/C19H38N2/c1-4-8-17-10-7-13-19(15-20,14-12-17)21(3)18-11-6-5-9-16(18)2/h16-18H,4-15,20H2,1-3H3. The molecule has 2 heteroatoms. The van der Waals surface area contributed by atoms with Gasteiger partial charge in [-0.1, -0.05) is 52.4 Å². The molecule has 2 aliphatic rings. The number of hydrogen-bond donors (Lipinski definition) is 1. The van der Waals surface area contributed by atoms with Crippen molar-refractivity contribution >= 4 is 0 Å². The Balaban J connectivity index is 2.05. The molecule has 0 bridgehead atoms. The Morgan fingerprint density at radius 3 is 2.48 bits per heavy atom. The van der Waals surface area contributed by atoms with Gasteiger partial charge >= 0.3 is 0 Å². The monoisotopic (exact) mass is 294 g/mol. The molecule has 0 heterocycles. The van der Waals surface area contributed by atoms with Crippen LogP contribution in [0.4, 0.5) is 0 Å². The van der Waals surface area contributed by atoms with Crippen molar-refractivity contribution in [2.45, 2.75) is 96.1 Å². The molecule has 4 unspecified atom stereocenters. The molecule has 0 saturated heterocycles. The fraction of sp³-hybridized carbons (Fsp3) is 1.00. The highest BCUT2D eigenvalue weighted by Gasteiger charge is 2.40. The van der Waals surface area contributed by atoms with Crippen molar-refractivity contribution in [3.05, 3.63) is 0 Å². The molecule has 2 aliphatic carbocycles. The first-order valence-electron chi connectivity index (χ1n) is 9.56. The van der Waals surface area contributed by atoms with Gasteiger partial charge in [-0.3, -0.25) is 4.90 Å². The quantitative estimate of drug-likeness (QED) is 0.752. The van der Waals surface area contributed by atoms with Gasteiger partial charge in [0.2, 0.25) is 0 Å². The first kappa shape index (κ1) is 17.3. The Morgan fingerprint density at radius 1 is 1.05 bits per heavy atom. The number of hydrogen-bond acceptors (Lipinski definition) is 2. The van der Waals surface area contributed by atoms with Crippen LogP contribution in [0.1, 0.15) is 84.5 Å². The maximum atomic E-state index is 6.34. The minimum absolute atomic E-state index is 0.290. The highest BCUT2D eigenvalue weighted by molar-refractivity contribution is 4.97. The molecule has 0 amide bonds. The van der Waals surface area contributed by atoms with Crippen LogP contribution >= 0.6 is 0 Å². The molecular weight excluding hydrogens is 256 g/mol. The van der Waals surface area contributed by atoms with Crippen LogP contribution in [0.2, 0.25) is 0 Å². The second-order valence-corrected chi connectivity index (χ2v) is 7.95. The van der Waals surface area contributed by atoms with Crippen molar-refractivity contribution in [1.29, 1.82) is 0 Å². The normalized spacial score (nSPS) is 38.4. The van der Waals surface area contributed by atoms with Gasteiger partial charge in [-0.2, -0.15) is 0 Å². The zero-order chi connectivity index (χ0) is 15.3. The molecule has 0 radical (unpaired) electrons. The fourth-order valence-electron chi connectivity index (χ4n) is 5.08. The topological polar surface area (TPSA) is 29.3 Å². The summed E-state index contributed by atoms with van der Waals surface area (Å²) in [5.74, 6) is 1.81. The van der Waals surface area contributed by atoms with Gasteiger partial charge in [-0.15, -0.1) is 0 Å². The summed E-state index contributed by atoms with van der Waals surface area (Å²) >= 11 is 0. The van der Waals surface area contributed by atoms with Gasteiger partial charge in [0.1, 0.15) is 0 Å². The lowest BCUT2D eigenvalue weighted by Gasteiger charge is -2.48. The summed E-state index contributed by atoms with van der Waals surface area (Å²) in [6, 6.07) is 0.769. The van der Waals surface area contributed by atoms with E-state index in [1.165, 1.54) is 70.6 Å². The van der Waals surface area contributed by atoms with Crippen molar-refractivity contribution in [2.24, 2.45) is 17.6 Å². The van der Waals surface area contributed by atoms with Gasteiger partial charge in [0.05, 0.1) is 0 Å². The molecule has 0 aromatic rings. The van der Waals surface area contributed by atoms with Crippen LogP contribution in [-0.4, -0.2) is 30.1 Å². The maximum Gasteiger partial charge on any atom is 0.0331 e. The summed E-state index contributed by atoms with van der Waals surface area (Å²) < 4.78 is 0. The van der Waals surface area contributed by atoms with Crippen molar-refractivity contribution < 1.29 is 0 Å². The van der Waals surface area contributed by atoms with E-state index in [0.717, 1.165) is 24.4 Å². The van der Waals surface area contributed by atoms with Gasteiger partial charge in [0.15, 0.2) is 0 Å². The Hall–Kier alpha value is -0.0800. The van der Waals surface area contributed by atoms with Crippen LogP contribution in [0.5, 0.6) is 0 Å². The van der Waals surface area contributed by atoms with Crippen LogP contribution in [0.25, 0.3) is 0 Å². The van der Waals surface area contributed by atoms with E-state index < -0.39 is 0 Å². The Bertz CT molecular complexity index is 304. The molecule has 0 aromatic heterocycles. The molecule has 2 N–H and O–H groups in total. The lowest BCUT2D eigenvalue weighted by molar-refractivity contribution is 0.0204. The van der Waals surface area contributed by atoms with Crippen molar-refractivity contribution in [3.63, 3.8) is 0 Å². The molecule has 2 nitrogen and oxygen atoms in total. The molecule has 0 aromatic carbocycles. The van der Waals surface area contributed by atoms with Crippen molar-refractivity contribution in [1.82, 2.24) is 4.90 Å². The lowest BCUT2D eigenvalue weighted by atomic mass is 9.80. The Morgan fingerprint density at radius 2 is 1.81 bits per heavy atom. The van der Waals surface area contributed by atoms with Crippen LogP contribution in [0, 0.1) is 11.8 Å². The molecule has 2 saturated carbocycles. The van der Waals surface area contributed by atoms with E-state index in [9.17, 15) is 0 Å². The molecule has 4 atom stereocenters. The highest BCUT2D eigenvalue weighted by Crippen LogP contribution is 2.39. The van der Waals surface area contributed by atoms with Crippen LogP contribution in [-0.2, 0) is 0 Å². The highest BCUT2D eigenvalue weighted by atomic mass is 15.2. The summed E-state index contributed by atoms with van der Waals surface area (Å²) in [6.45, 7) is 5.64. The summed E-state index contributed by atoms with van der Waals surface area (Å²) in [7, 11) is 2.39. The third-order valence-corrected chi connectivity index (χ3v) is 6.66. The van der Waals surface area contributed by atoms with Gasteiger partial charge in [0.25, 0.3) is 0 Å². The number of nitrogens with two attached hydrogens (primary N) is 1. The Labute approximate surface area is 132 Å². The predicted octanol–water partition coefficient (Wildman–Crippen LogP) is 4.57. The predicted molar refractivity (Wildman–Crippen MR) is 92.5 cm³/mol. The number of rotatable bonds is 5. The van der Waals surface area contributed by atoms with Crippen LogP contribution in [0.15, 0.2) is 0 Å². The molecule has 2 fully saturated rings. The third-order valence-electron chi connectivity index (χ3n) is 6.66. The van der Waals surface area contributed by atoms with E-state index in [1.54, 1.807) is 0 Å². The lowest BCUT2D eigenvalue weighted by Crippen LogP contribution is -2.57. The zero-order valence-electron chi connectivity index (χ0n) is 14.7. The Kier molecular flexibility index (Phi) is 6.55. The summed E-state index contributed by atoms with van der Waals surface area (Å²) in [4.78, 5) is 2.74. The molecule has 21 heavy (non-hydrogen) atoms. The minimum atomic E-state index is 0.290. The van der Waals surface area contributed by atoms with E-state index in [4.69, 9.17) is 5.73 Å². The summed E-state index contributed by atoms with van der Waals surface area (Å²) in [5, 5.41) is 0. The van der Waals surface area contributed by atoms with E-state index >= 15 is 0 Å². The average Bonchev–Trinajstić information content (AvgIpc) is 2.71. The fourth-order valence-corrected chi connectivity index (χ4v) is 5.08. The van der Waals surface area contributed by atoms with E-state index in [1.807, 2.05) is 0 Å². The van der Waals surface area contributed by atoms with Crippen molar-refractivity contribution in [2.75, 3.05) is 13.6 Å². The van der Waals surface area contributed by atoms with Gasteiger partial charge < -0.3 is 5.73 Å². The molecule has 0 spiro atoms. The summed E-state index contributed by atoms with van der Waals surface area (Å²) in [6.07, 6.45) is 15.3. The van der Waals surface area contributed by atoms with Gasteiger partial charge in [-0.05, 0) is 51.0 Å². The number of nitrogens with zero attached hydrogens (tertiary/aromatic N) is 1. The maximum absolute atomic E-state index is 6.34. The third kappa shape index (κ3) is 4.01. The second kappa shape index (κ2) is 7.97. The minimum Gasteiger partial charge on any atom is -0.329 e. The molecule has 124 valence electrons. The molecule has 2 rings (SSSR count). The van der Waals surface area contributed by atoms with E-state index in [-0.39, 0.29) is 0 Å². The molecule has 0 aliphatic heterocycles. The zero-order valence-corrected chi connectivity index (χ0v) is 14.7. The average molecular weight is 295 g/mol.